The van der Waals surface area contributed by atoms with E-state index in [0.29, 0.717) is 10.2 Å². The number of nitrogens with one attached hydrogen (secondary N) is 1. The molecule has 0 fully saturated rings. The number of ether oxygens (including phenoxy) is 1. The third-order valence-electron chi connectivity index (χ3n) is 2.69. The minimum Gasteiger partial charge on any atom is -0.488 e. The fraction of sp³-hybridized carbons (Fsp3) is 0.455. The molecule has 0 saturated heterocycles. The number of rotatable bonds is 3. The van der Waals surface area contributed by atoms with Gasteiger partial charge in [0.25, 0.3) is 0 Å². The summed E-state index contributed by atoms with van der Waals surface area (Å²) in [6.07, 6.45) is 0.804. The zero-order valence-corrected chi connectivity index (χ0v) is 10.7. The maximum Gasteiger partial charge on any atom is 0.141 e. The molecule has 1 aliphatic heterocycles. The van der Waals surface area contributed by atoms with Crippen molar-refractivity contribution in [3.63, 3.8) is 0 Å². The van der Waals surface area contributed by atoms with Gasteiger partial charge in [-0.2, -0.15) is 5.48 Å². The monoisotopic (exact) mass is 289 g/mol. The second kappa shape index (κ2) is 4.69. The Morgan fingerprint density at radius 2 is 2.31 bits per heavy atom. The van der Waals surface area contributed by atoms with E-state index >= 15 is 0 Å². The van der Waals surface area contributed by atoms with Crippen molar-refractivity contribution in [2.75, 3.05) is 7.11 Å². The van der Waals surface area contributed by atoms with Crippen LogP contribution in [0.4, 0.5) is 4.39 Å². The maximum atomic E-state index is 13.3. The Morgan fingerprint density at radius 1 is 1.56 bits per heavy atom. The lowest BCUT2D eigenvalue weighted by Gasteiger charge is -2.17. The average Bonchev–Trinajstić information content (AvgIpc) is 2.58. The molecule has 2 atom stereocenters. The third-order valence-corrected chi connectivity index (χ3v) is 3.29. The predicted octanol–water partition coefficient (Wildman–Crippen LogP) is 2.95. The lowest BCUT2D eigenvalue weighted by atomic mass is 10.0. The first kappa shape index (κ1) is 11.8. The molecule has 88 valence electrons. The molecule has 0 spiro atoms. The van der Waals surface area contributed by atoms with E-state index in [1.54, 1.807) is 13.2 Å². The summed E-state index contributed by atoms with van der Waals surface area (Å²) >= 11 is 3.17. The highest BCUT2D eigenvalue weighted by molar-refractivity contribution is 9.10. The summed E-state index contributed by atoms with van der Waals surface area (Å²) in [5.74, 6) is 0.272. The summed E-state index contributed by atoms with van der Waals surface area (Å²) in [5, 5.41) is 0. The van der Waals surface area contributed by atoms with Crippen LogP contribution in [0.15, 0.2) is 16.6 Å². The predicted molar refractivity (Wildman–Crippen MR) is 61.7 cm³/mol. The molecule has 2 rings (SSSR count). The van der Waals surface area contributed by atoms with Crippen LogP contribution in [-0.2, 0) is 4.84 Å². The lowest BCUT2D eigenvalue weighted by molar-refractivity contribution is 0.0283. The molecule has 1 aromatic carbocycles. The van der Waals surface area contributed by atoms with Crippen LogP contribution in [0.1, 0.15) is 24.9 Å². The van der Waals surface area contributed by atoms with E-state index in [1.807, 2.05) is 6.92 Å². The highest BCUT2D eigenvalue weighted by atomic mass is 79.9. The van der Waals surface area contributed by atoms with Gasteiger partial charge in [-0.1, -0.05) is 6.92 Å². The van der Waals surface area contributed by atoms with Gasteiger partial charge in [-0.15, -0.1) is 0 Å². The van der Waals surface area contributed by atoms with Crippen molar-refractivity contribution in [3.8, 4) is 5.75 Å². The molecule has 5 heteroatoms. The average molecular weight is 290 g/mol. The van der Waals surface area contributed by atoms with Gasteiger partial charge in [0.1, 0.15) is 17.7 Å². The number of fused-ring (bicyclic) bond motifs is 1. The van der Waals surface area contributed by atoms with Crippen LogP contribution in [0.3, 0.4) is 0 Å². The molecule has 16 heavy (non-hydrogen) atoms. The summed E-state index contributed by atoms with van der Waals surface area (Å²) in [4.78, 5) is 4.95. The largest absolute Gasteiger partial charge is 0.488 e. The minimum absolute atomic E-state index is 0.0244. The molecule has 1 heterocycles. The van der Waals surface area contributed by atoms with Crippen molar-refractivity contribution >= 4 is 15.9 Å². The zero-order chi connectivity index (χ0) is 11.7. The maximum absolute atomic E-state index is 13.3. The van der Waals surface area contributed by atoms with E-state index in [-0.39, 0.29) is 18.0 Å². The Hall–Kier alpha value is -0.650. The van der Waals surface area contributed by atoms with Crippen molar-refractivity contribution < 1.29 is 14.0 Å². The highest BCUT2D eigenvalue weighted by Crippen LogP contribution is 2.40. The van der Waals surface area contributed by atoms with E-state index in [4.69, 9.17) is 9.57 Å². The number of halogens is 2. The van der Waals surface area contributed by atoms with Crippen LogP contribution in [0, 0.1) is 5.82 Å². The summed E-state index contributed by atoms with van der Waals surface area (Å²) in [5.41, 5.74) is 3.80. The van der Waals surface area contributed by atoms with Gasteiger partial charge in [0.2, 0.25) is 0 Å². The molecule has 1 aliphatic rings. The third kappa shape index (κ3) is 1.95. The summed E-state index contributed by atoms with van der Waals surface area (Å²) in [6.45, 7) is 2.02. The molecular formula is C11H13BrFNO2. The molecule has 2 unspecified atom stereocenters. The summed E-state index contributed by atoms with van der Waals surface area (Å²) in [6, 6.07) is 3.08. The first-order valence-electron chi connectivity index (χ1n) is 5.11. The topological polar surface area (TPSA) is 30.5 Å². The van der Waals surface area contributed by atoms with Crippen LogP contribution >= 0.6 is 15.9 Å². The quantitative estimate of drug-likeness (QED) is 0.868. The number of hydroxylamine groups is 1. The van der Waals surface area contributed by atoms with Gasteiger partial charge >= 0.3 is 0 Å². The standard InChI is InChI=1S/C11H13BrFNO2/c1-3-9-11(14-15-2)6-4-7(12)8(13)5-10(6)16-9/h4-5,9,11,14H,3H2,1-2H3. The van der Waals surface area contributed by atoms with Crippen molar-refractivity contribution in [2.24, 2.45) is 0 Å². The van der Waals surface area contributed by atoms with Gasteiger partial charge in [-0.05, 0) is 28.4 Å². The van der Waals surface area contributed by atoms with E-state index in [9.17, 15) is 4.39 Å². The molecular weight excluding hydrogens is 277 g/mol. The van der Waals surface area contributed by atoms with E-state index in [0.717, 1.165) is 12.0 Å². The van der Waals surface area contributed by atoms with E-state index in [1.165, 1.54) is 6.07 Å². The first-order valence-corrected chi connectivity index (χ1v) is 5.90. The molecule has 1 aromatic rings. The van der Waals surface area contributed by atoms with Crippen molar-refractivity contribution in [1.29, 1.82) is 0 Å². The van der Waals surface area contributed by atoms with Crippen LogP contribution in [-0.4, -0.2) is 13.2 Å². The van der Waals surface area contributed by atoms with Crippen LogP contribution in [0.25, 0.3) is 0 Å². The Kier molecular flexibility index (Phi) is 3.47. The summed E-state index contributed by atoms with van der Waals surface area (Å²) < 4.78 is 19.4. The number of hydrogen-bond acceptors (Lipinski definition) is 3. The van der Waals surface area contributed by atoms with Crippen LogP contribution in [0.5, 0.6) is 5.75 Å². The van der Waals surface area contributed by atoms with Gasteiger partial charge in [0.05, 0.1) is 17.6 Å². The molecule has 0 aromatic heterocycles. The second-order valence-electron chi connectivity index (χ2n) is 3.67. The fourth-order valence-electron chi connectivity index (χ4n) is 1.91. The molecule has 3 nitrogen and oxygen atoms in total. The molecule has 1 N–H and O–H groups in total. The number of benzene rings is 1. The SMILES string of the molecule is CCC1Oc2cc(F)c(Br)cc2C1NOC. The Bertz CT molecular complexity index is 400. The van der Waals surface area contributed by atoms with Gasteiger partial charge in [0.15, 0.2) is 0 Å². The molecule has 0 radical (unpaired) electrons. The number of hydrogen-bond donors (Lipinski definition) is 1. The Labute approximate surface area is 102 Å². The van der Waals surface area contributed by atoms with Gasteiger partial charge < -0.3 is 9.57 Å². The minimum atomic E-state index is -0.313. The van der Waals surface area contributed by atoms with E-state index in [2.05, 4.69) is 21.4 Å². The van der Waals surface area contributed by atoms with Crippen LogP contribution < -0.4 is 10.2 Å². The fourth-order valence-corrected chi connectivity index (χ4v) is 2.27. The Morgan fingerprint density at radius 3 is 2.94 bits per heavy atom. The van der Waals surface area contributed by atoms with Crippen molar-refractivity contribution in [3.05, 3.63) is 28.0 Å². The first-order chi connectivity index (χ1) is 7.67. The smallest absolute Gasteiger partial charge is 0.141 e. The molecule has 0 bridgehead atoms. The van der Waals surface area contributed by atoms with Gasteiger partial charge in [0, 0.05) is 11.6 Å². The molecule has 0 aliphatic carbocycles. The molecule has 0 amide bonds. The Balaban J connectivity index is 2.38. The van der Waals surface area contributed by atoms with Gasteiger partial charge in [-0.25, -0.2) is 4.39 Å². The molecule has 0 saturated carbocycles. The van der Waals surface area contributed by atoms with Crippen molar-refractivity contribution in [1.82, 2.24) is 5.48 Å². The van der Waals surface area contributed by atoms with Crippen LogP contribution in [0.2, 0.25) is 0 Å². The zero-order valence-electron chi connectivity index (χ0n) is 9.09. The van der Waals surface area contributed by atoms with Gasteiger partial charge in [-0.3, -0.25) is 0 Å². The second-order valence-corrected chi connectivity index (χ2v) is 4.52. The highest BCUT2D eigenvalue weighted by Gasteiger charge is 2.34. The van der Waals surface area contributed by atoms with Crippen molar-refractivity contribution in [2.45, 2.75) is 25.5 Å². The lowest BCUT2D eigenvalue weighted by Crippen LogP contribution is -2.29. The summed E-state index contributed by atoms with van der Waals surface area (Å²) in [7, 11) is 1.56. The van der Waals surface area contributed by atoms with E-state index < -0.39 is 0 Å². The normalized spacial score (nSPS) is 23.0.